The van der Waals surface area contributed by atoms with Crippen molar-refractivity contribution >= 4 is 33.4 Å². The molecule has 0 saturated carbocycles. The predicted octanol–water partition coefficient (Wildman–Crippen LogP) is 6.49. The Balaban J connectivity index is 1.63. The molecular weight excluding hydrogens is 328 g/mol. The maximum Gasteiger partial charge on any atom is -0.00115 e. The van der Waals surface area contributed by atoms with Crippen molar-refractivity contribution in [1.29, 1.82) is 0 Å². The van der Waals surface area contributed by atoms with Gasteiger partial charge in [0.25, 0.3) is 0 Å². The molecule has 2 aromatic heterocycles. The molecule has 116 valence electrons. The van der Waals surface area contributed by atoms with E-state index in [2.05, 4.69) is 45.8 Å². The molecule has 0 atom stereocenters. The summed E-state index contributed by atoms with van der Waals surface area (Å²) in [4.78, 5) is 0. The van der Waals surface area contributed by atoms with E-state index in [-0.39, 0.29) is 0 Å². The van der Waals surface area contributed by atoms with Crippen LogP contribution < -0.4 is 0 Å². The van der Waals surface area contributed by atoms with Crippen LogP contribution in [0, 0.1) is 0 Å². The van der Waals surface area contributed by atoms with Gasteiger partial charge < -0.3 is 0 Å². The molecule has 0 N–H and O–H groups in total. The number of rotatable bonds is 0. The monoisotopic (exact) mass is 344 g/mol. The fourth-order valence-electron chi connectivity index (χ4n) is 4.65. The maximum absolute atomic E-state index is 2.39. The third kappa shape index (κ3) is 1.68. The predicted molar refractivity (Wildman–Crippen MR) is 105 cm³/mol. The molecule has 2 heteroatoms. The van der Waals surface area contributed by atoms with Crippen LogP contribution in [-0.4, -0.2) is 0 Å². The summed E-state index contributed by atoms with van der Waals surface area (Å²) < 4.78 is 0. The first kappa shape index (κ1) is 13.4. The second kappa shape index (κ2) is 4.81. The van der Waals surface area contributed by atoms with Gasteiger partial charge in [0.1, 0.15) is 0 Å². The van der Waals surface area contributed by atoms with Gasteiger partial charge in [-0.1, -0.05) is 24.3 Å². The van der Waals surface area contributed by atoms with E-state index in [0.717, 1.165) is 0 Å². The van der Waals surface area contributed by atoms with E-state index in [4.69, 9.17) is 0 Å². The van der Waals surface area contributed by atoms with Crippen molar-refractivity contribution < 1.29 is 0 Å². The molecule has 0 aliphatic heterocycles. The third-order valence-electron chi connectivity index (χ3n) is 5.79. The van der Waals surface area contributed by atoms with Crippen LogP contribution in [0.4, 0.5) is 0 Å². The molecule has 0 amide bonds. The Morgan fingerprint density at radius 1 is 0.542 bits per heavy atom. The first-order valence-electron chi connectivity index (χ1n) is 8.58. The van der Waals surface area contributed by atoms with E-state index in [0.29, 0.717) is 0 Å². The van der Waals surface area contributed by atoms with Gasteiger partial charge in [-0.05, 0) is 102 Å². The van der Waals surface area contributed by atoms with Crippen LogP contribution in [0.5, 0.6) is 0 Å². The third-order valence-corrected chi connectivity index (χ3v) is 7.35. The van der Waals surface area contributed by atoms with Crippen LogP contribution in [0.15, 0.2) is 45.8 Å². The van der Waals surface area contributed by atoms with Crippen molar-refractivity contribution in [1.82, 2.24) is 0 Å². The van der Waals surface area contributed by atoms with Gasteiger partial charge in [0.05, 0.1) is 0 Å². The molecule has 6 rings (SSSR count). The van der Waals surface area contributed by atoms with Crippen molar-refractivity contribution in [3.8, 4) is 22.3 Å². The number of hydrogen-bond acceptors (Lipinski definition) is 2. The van der Waals surface area contributed by atoms with E-state index < -0.39 is 0 Å². The van der Waals surface area contributed by atoms with Gasteiger partial charge in [-0.2, -0.15) is 22.7 Å². The zero-order chi connectivity index (χ0) is 15.7. The van der Waals surface area contributed by atoms with E-state index in [1.54, 1.807) is 22.3 Å². The van der Waals surface area contributed by atoms with Gasteiger partial charge in [-0.25, -0.2) is 0 Å². The van der Waals surface area contributed by atoms with Crippen LogP contribution in [0.3, 0.4) is 0 Å². The molecule has 2 aliphatic carbocycles. The highest BCUT2D eigenvalue weighted by Crippen LogP contribution is 2.45. The topological polar surface area (TPSA) is 0 Å². The normalized spacial score (nSPS) is 14.8. The lowest BCUT2D eigenvalue weighted by Gasteiger charge is -2.27. The lowest BCUT2D eigenvalue weighted by atomic mass is 9.76. The molecule has 2 aromatic carbocycles. The zero-order valence-corrected chi connectivity index (χ0v) is 14.9. The van der Waals surface area contributed by atoms with Gasteiger partial charge in [0.15, 0.2) is 0 Å². The number of benzene rings is 2. The van der Waals surface area contributed by atoms with Crippen LogP contribution in [-0.2, 0) is 25.7 Å². The summed E-state index contributed by atoms with van der Waals surface area (Å²) in [5.41, 5.74) is 12.3. The van der Waals surface area contributed by atoms with E-state index in [1.165, 1.54) is 58.7 Å². The molecule has 0 nitrogen and oxygen atoms in total. The van der Waals surface area contributed by atoms with Gasteiger partial charge in [-0.3, -0.25) is 0 Å². The smallest absolute Gasteiger partial charge is 0.00115 e. The molecule has 4 aromatic rings. The minimum Gasteiger partial charge on any atom is -0.151 e. The zero-order valence-electron chi connectivity index (χ0n) is 13.3. The molecule has 0 saturated heterocycles. The second-order valence-corrected chi connectivity index (χ2v) is 8.38. The summed E-state index contributed by atoms with van der Waals surface area (Å²) in [6.45, 7) is 0. The fourth-order valence-corrected chi connectivity index (χ4v) is 6.38. The minimum atomic E-state index is 1.18. The van der Waals surface area contributed by atoms with Crippen molar-refractivity contribution in [2.45, 2.75) is 25.7 Å². The van der Waals surface area contributed by atoms with Crippen molar-refractivity contribution in [2.75, 3.05) is 0 Å². The van der Waals surface area contributed by atoms with Gasteiger partial charge in [0.2, 0.25) is 0 Å². The summed E-state index contributed by atoms with van der Waals surface area (Å²) in [6, 6.07) is 9.42. The molecule has 2 aliphatic rings. The number of hydrogen-bond donors (Lipinski definition) is 0. The van der Waals surface area contributed by atoms with Gasteiger partial charge >= 0.3 is 0 Å². The lowest BCUT2D eigenvalue weighted by molar-refractivity contribution is 0.880. The standard InChI is InChI=1S/C22H16S2/c1-3-15-17-5-8-20-16(4-2-14-10-24-12-22(14)20)18(17)6-7-19(15)21-11-23-9-13(1)21/h1,3,5,8-12H,2,4,6-7H2. The molecule has 0 bridgehead atoms. The molecule has 0 fully saturated rings. The molecule has 0 unspecified atom stereocenters. The summed E-state index contributed by atoms with van der Waals surface area (Å²) in [5.74, 6) is 0. The Kier molecular flexibility index (Phi) is 2.68. The SMILES string of the molecule is c1scc2c1CCc1c-2ccc2c1CCc1c-2ccc2cscc12. The minimum absolute atomic E-state index is 1.18. The van der Waals surface area contributed by atoms with E-state index in [9.17, 15) is 0 Å². The van der Waals surface area contributed by atoms with Crippen LogP contribution in [0.25, 0.3) is 33.0 Å². The molecule has 0 spiro atoms. The highest BCUT2D eigenvalue weighted by Gasteiger charge is 2.25. The maximum atomic E-state index is 2.39. The van der Waals surface area contributed by atoms with Gasteiger partial charge in [-0.15, -0.1) is 0 Å². The Bertz CT molecular complexity index is 1110. The summed E-state index contributed by atoms with van der Waals surface area (Å²) >= 11 is 3.67. The van der Waals surface area contributed by atoms with Crippen molar-refractivity contribution in [3.63, 3.8) is 0 Å². The summed E-state index contributed by atoms with van der Waals surface area (Å²) in [7, 11) is 0. The van der Waals surface area contributed by atoms with Crippen molar-refractivity contribution in [2.24, 2.45) is 0 Å². The molecule has 2 heterocycles. The summed E-state index contributed by atoms with van der Waals surface area (Å²) in [6.07, 6.45) is 4.79. The Hall–Kier alpha value is -1.90. The van der Waals surface area contributed by atoms with Crippen LogP contribution >= 0.6 is 22.7 Å². The average molecular weight is 345 g/mol. The Morgan fingerprint density at radius 3 is 2.12 bits per heavy atom. The first-order valence-corrected chi connectivity index (χ1v) is 10.5. The fraction of sp³-hybridized carbons (Fsp3) is 0.182. The summed E-state index contributed by atoms with van der Waals surface area (Å²) in [5, 5.41) is 12.2. The number of aryl methyl sites for hydroxylation is 2. The highest BCUT2D eigenvalue weighted by atomic mass is 32.1. The largest absolute Gasteiger partial charge is 0.151 e. The van der Waals surface area contributed by atoms with Crippen molar-refractivity contribution in [3.05, 3.63) is 68.0 Å². The quantitative estimate of drug-likeness (QED) is 0.342. The second-order valence-electron chi connectivity index (χ2n) is 6.89. The lowest BCUT2D eigenvalue weighted by Crippen LogP contribution is -2.12. The molecule has 24 heavy (non-hydrogen) atoms. The van der Waals surface area contributed by atoms with E-state index >= 15 is 0 Å². The Morgan fingerprint density at radius 2 is 1.21 bits per heavy atom. The Labute approximate surface area is 149 Å². The van der Waals surface area contributed by atoms with Crippen LogP contribution in [0.2, 0.25) is 0 Å². The number of fused-ring (bicyclic) bond motifs is 9. The number of thiophene rings is 2. The average Bonchev–Trinajstić information content (AvgIpc) is 3.29. The van der Waals surface area contributed by atoms with E-state index in [1.807, 2.05) is 22.7 Å². The van der Waals surface area contributed by atoms with Crippen LogP contribution in [0.1, 0.15) is 22.3 Å². The highest BCUT2D eigenvalue weighted by molar-refractivity contribution is 7.09. The van der Waals surface area contributed by atoms with Gasteiger partial charge in [0, 0.05) is 0 Å². The first-order chi connectivity index (χ1) is 11.9. The molecule has 0 radical (unpaired) electrons. The molecular formula is C22H16S2.